The molecule has 0 aliphatic rings. The highest BCUT2D eigenvalue weighted by Crippen LogP contribution is 2.23. The second kappa shape index (κ2) is 12.5. The first-order valence-electron chi connectivity index (χ1n) is 10.0. The second-order valence-electron chi connectivity index (χ2n) is 7.93. The monoisotopic (exact) mass is 473 g/mol. The molecule has 10 nitrogen and oxygen atoms in total. The van der Waals surface area contributed by atoms with E-state index in [1.165, 1.54) is 20.8 Å². The van der Waals surface area contributed by atoms with Crippen molar-refractivity contribution in [3.63, 3.8) is 0 Å². The van der Waals surface area contributed by atoms with Crippen LogP contribution in [0.2, 0.25) is 0 Å². The van der Waals surface area contributed by atoms with Gasteiger partial charge in [-0.2, -0.15) is 8.42 Å². The Morgan fingerprint density at radius 3 is 2.28 bits per heavy atom. The van der Waals surface area contributed by atoms with Crippen LogP contribution in [0.4, 0.5) is 0 Å². The zero-order valence-electron chi connectivity index (χ0n) is 18.7. The third kappa shape index (κ3) is 9.75. The lowest BCUT2D eigenvalue weighted by Crippen LogP contribution is -2.42. The third-order valence-electron chi connectivity index (χ3n) is 4.57. The first kappa shape index (κ1) is 27.5. The van der Waals surface area contributed by atoms with Gasteiger partial charge in [-0.05, 0) is 18.9 Å². The van der Waals surface area contributed by atoms with Crippen molar-refractivity contribution in [1.82, 2.24) is 5.32 Å². The van der Waals surface area contributed by atoms with Crippen LogP contribution in [0.1, 0.15) is 45.6 Å². The fourth-order valence-electron chi connectivity index (χ4n) is 2.44. The summed E-state index contributed by atoms with van der Waals surface area (Å²) < 4.78 is 38.5. The first-order valence-corrected chi connectivity index (χ1v) is 11.6. The predicted octanol–water partition coefficient (Wildman–Crippen LogP) is 1.09. The van der Waals surface area contributed by atoms with Crippen LogP contribution in [0.5, 0.6) is 0 Å². The molecule has 0 radical (unpaired) electrons. The Hall–Kier alpha value is -2.50. The van der Waals surface area contributed by atoms with Gasteiger partial charge in [-0.25, -0.2) is 4.79 Å². The molecule has 0 aliphatic heterocycles. The van der Waals surface area contributed by atoms with Gasteiger partial charge in [0.15, 0.2) is 6.10 Å². The molecule has 0 heterocycles. The Balaban J connectivity index is 2.45. The number of carbonyl (C=O) groups excluding carboxylic acids is 3. The average Bonchev–Trinajstić information content (AvgIpc) is 2.74. The van der Waals surface area contributed by atoms with Crippen molar-refractivity contribution in [1.29, 1.82) is 0 Å². The number of aliphatic hydroxyl groups excluding tert-OH is 1. The molecule has 1 aromatic rings. The van der Waals surface area contributed by atoms with Crippen LogP contribution < -0.4 is 5.32 Å². The number of esters is 2. The van der Waals surface area contributed by atoms with Gasteiger partial charge in [0.2, 0.25) is 12.7 Å². The summed E-state index contributed by atoms with van der Waals surface area (Å²) in [6.07, 6.45) is -1.57. The Morgan fingerprint density at radius 1 is 1.09 bits per heavy atom. The van der Waals surface area contributed by atoms with Gasteiger partial charge in [0.1, 0.15) is 0 Å². The van der Waals surface area contributed by atoms with Crippen LogP contribution in [-0.2, 0) is 38.2 Å². The van der Waals surface area contributed by atoms with Gasteiger partial charge in [-0.15, -0.1) is 0 Å². The van der Waals surface area contributed by atoms with E-state index in [9.17, 15) is 27.9 Å². The number of ether oxygens (including phenoxy) is 2. The largest absolute Gasteiger partial charge is 0.427 e. The minimum absolute atomic E-state index is 0.152. The minimum Gasteiger partial charge on any atom is -0.427 e. The molecule has 0 spiro atoms. The van der Waals surface area contributed by atoms with Crippen molar-refractivity contribution in [3.05, 3.63) is 35.9 Å². The first-order chi connectivity index (χ1) is 14.9. The van der Waals surface area contributed by atoms with E-state index in [4.69, 9.17) is 13.7 Å². The van der Waals surface area contributed by atoms with Crippen LogP contribution in [0.25, 0.3) is 0 Å². The van der Waals surface area contributed by atoms with E-state index in [0.717, 1.165) is 5.56 Å². The van der Waals surface area contributed by atoms with Crippen LogP contribution in [0.15, 0.2) is 30.3 Å². The van der Waals surface area contributed by atoms with Gasteiger partial charge in [0.05, 0.1) is 18.3 Å². The lowest BCUT2D eigenvalue weighted by atomic mass is 9.88. The lowest BCUT2D eigenvalue weighted by molar-refractivity contribution is -0.179. The standard InChI is InChI=1S/C21H31NO9S/c1-15(17-9-6-5-7-10-17)19(25)29-14-30-20(26)18(24)21(3,4)13-31-32(27,28)12-8-11-22-16(2)23/h5-7,9-10,15,18,24H,8,11-14H2,1-4H3,(H,22,23)/t15?,18-/m0/s1. The topological polar surface area (TPSA) is 145 Å². The Kier molecular flexibility index (Phi) is 10.8. The second-order valence-corrected chi connectivity index (χ2v) is 9.69. The van der Waals surface area contributed by atoms with E-state index in [0.29, 0.717) is 0 Å². The Labute approximate surface area is 188 Å². The number of aliphatic hydroxyl groups is 1. The summed E-state index contributed by atoms with van der Waals surface area (Å²) in [6.45, 7) is 4.83. The summed E-state index contributed by atoms with van der Waals surface area (Å²) in [4.78, 5) is 34.9. The number of hydrogen-bond donors (Lipinski definition) is 2. The van der Waals surface area contributed by atoms with E-state index in [-0.39, 0.29) is 24.6 Å². The maximum Gasteiger partial charge on any atom is 0.338 e. The van der Waals surface area contributed by atoms with Gasteiger partial charge in [0.25, 0.3) is 10.1 Å². The van der Waals surface area contributed by atoms with Gasteiger partial charge >= 0.3 is 11.9 Å². The summed E-state index contributed by atoms with van der Waals surface area (Å²) in [6, 6.07) is 8.90. The molecule has 0 saturated heterocycles. The van der Waals surface area contributed by atoms with Crippen molar-refractivity contribution in [2.75, 3.05) is 25.7 Å². The molecule has 0 fully saturated rings. The molecule has 180 valence electrons. The van der Waals surface area contributed by atoms with E-state index in [1.54, 1.807) is 31.2 Å². The minimum atomic E-state index is -3.92. The van der Waals surface area contributed by atoms with Crippen molar-refractivity contribution in [3.8, 4) is 0 Å². The molecule has 1 aromatic carbocycles. The molecular formula is C21H31NO9S. The van der Waals surface area contributed by atoms with Crippen LogP contribution in [-0.4, -0.2) is 63.2 Å². The highest BCUT2D eigenvalue weighted by atomic mass is 32.2. The summed E-state index contributed by atoms with van der Waals surface area (Å²) in [7, 11) is -3.92. The van der Waals surface area contributed by atoms with Crippen molar-refractivity contribution in [2.24, 2.45) is 5.41 Å². The van der Waals surface area contributed by atoms with Gasteiger partial charge in [-0.1, -0.05) is 44.2 Å². The number of carbonyl (C=O) groups is 3. The molecule has 1 rings (SSSR count). The van der Waals surface area contributed by atoms with Gasteiger partial charge in [-0.3, -0.25) is 13.8 Å². The fraction of sp³-hybridized carbons (Fsp3) is 0.571. The van der Waals surface area contributed by atoms with Gasteiger partial charge < -0.3 is 19.9 Å². The van der Waals surface area contributed by atoms with Crippen LogP contribution >= 0.6 is 0 Å². The van der Waals surface area contributed by atoms with Crippen LogP contribution in [0, 0.1) is 5.41 Å². The normalized spacial score (nSPS) is 13.7. The number of rotatable bonds is 13. The molecule has 11 heteroatoms. The highest BCUT2D eigenvalue weighted by Gasteiger charge is 2.37. The van der Waals surface area contributed by atoms with Crippen molar-refractivity contribution >= 4 is 28.0 Å². The molecular weight excluding hydrogens is 442 g/mol. The maximum atomic E-state index is 12.1. The molecule has 2 N–H and O–H groups in total. The van der Waals surface area contributed by atoms with E-state index in [2.05, 4.69) is 5.32 Å². The zero-order chi connectivity index (χ0) is 24.4. The fourth-order valence-corrected chi connectivity index (χ4v) is 3.54. The molecule has 0 bridgehead atoms. The number of nitrogens with one attached hydrogen (secondary N) is 1. The third-order valence-corrected chi connectivity index (χ3v) is 5.84. The van der Waals surface area contributed by atoms with Gasteiger partial charge in [0, 0.05) is 18.9 Å². The zero-order valence-corrected chi connectivity index (χ0v) is 19.5. The molecule has 1 unspecified atom stereocenters. The Bertz CT molecular complexity index is 869. The summed E-state index contributed by atoms with van der Waals surface area (Å²) in [5.74, 6) is -2.86. The summed E-state index contributed by atoms with van der Waals surface area (Å²) in [5.41, 5.74) is -0.566. The van der Waals surface area contributed by atoms with Crippen molar-refractivity contribution in [2.45, 2.75) is 46.1 Å². The molecule has 0 aromatic heterocycles. The summed E-state index contributed by atoms with van der Waals surface area (Å²) >= 11 is 0. The molecule has 32 heavy (non-hydrogen) atoms. The van der Waals surface area contributed by atoms with E-state index >= 15 is 0 Å². The quantitative estimate of drug-likeness (QED) is 0.186. The number of benzene rings is 1. The Morgan fingerprint density at radius 2 is 1.69 bits per heavy atom. The number of hydrogen-bond acceptors (Lipinski definition) is 9. The molecule has 1 amide bonds. The van der Waals surface area contributed by atoms with Crippen molar-refractivity contribution < 1.29 is 41.6 Å². The maximum absolute atomic E-state index is 12.1. The molecule has 0 aliphatic carbocycles. The van der Waals surface area contributed by atoms with E-state index in [1.807, 2.05) is 6.07 Å². The predicted molar refractivity (Wildman–Crippen MR) is 115 cm³/mol. The average molecular weight is 474 g/mol. The number of amides is 1. The van der Waals surface area contributed by atoms with E-state index < -0.39 is 52.9 Å². The summed E-state index contributed by atoms with van der Waals surface area (Å²) in [5, 5.41) is 12.7. The highest BCUT2D eigenvalue weighted by molar-refractivity contribution is 7.86. The van der Waals surface area contributed by atoms with Crippen LogP contribution in [0.3, 0.4) is 0 Å². The SMILES string of the molecule is CC(=O)NCCCS(=O)(=O)OCC(C)(C)[C@@H](O)C(=O)OCOC(=O)C(C)c1ccccc1. The molecule has 2 atom stereocenters. The lowest BCUT2D eigenvalue weighted by Gasteiger charge is -2.28. The molecule has 0 saturated carbocycles. The smallest absolute Gasteiger partial charge is 0.338 e.